The van der Waals surface area contributed by atoms with E-state index in [1.165, 1.54) is 50.4 Å². The molecule has 3 amide bonds. The third kappa shape index (κ3) is 12.5. The van der Waals surface area contributed by atoms with Gasteiger partial charge in [0.2, 0.25) is 11.5 Å². The van der Waals surface area contributed by atoms with Crippen LogP contribution in [-0.4, -0.2) is 71.8 Å². The summed E-state index contributed by atoms with van der Waals surface area (Å²) in [5.41, 5.74) is -1.38. The minimum Gasteiger partial charge on any atom is -1.00 e. The normalized spacial score (nSPS) is 15.7. The molecule has 6 N–H and O–H groups in total. The number of nitrogens with one attached hydrogen (secondary N) is 2. The van der Waals surface area contributed by atoms with E-state index >= 15 is 0 Å². The van der Waals surface area contributed by atoms with Crippen molar-refractivity contribution in [3.05, 3.63) is 115 Å². The monoisotopic (exact) mass is 892 g/mol. The molecule has 2 aliphatic heterocycles. The van der Waals surface area contributed by atoms with Crippen LogP contribution in [0.1, 0.15) is 115 Å². The molecule has 0 bridgehead atoms. The van der Waals surface area contributed by atoms with E-state index in [9.17, 15) is 43.0 Å². The van der Waals surface area contributed by atoms with Gasteiger partial charge in [-0.3, -0.25) is 28.3 Å². The summed E-state index contributed by atoms with van der Waals surface area (Å²) in [6.07, 6.45) is 3.94. The zero-order valence-corrected chi connectivity index (χ0v) is 36.1. The van der Waals surface area contributed by atoms with E-state index < -0.39 is 63.7 Å². The topological polar surface area (TPSA) is 215 Å². The summed E-state index contributed by atoms with van der Waals surface area (Å²) in [6, 6.07) is 10.6. The first-order valence-corrected chi connectivity index (χ1v) is 19.5. The average Bonchev–Trinajstić information content (AvgIpc) is 3.55. The number of hydrogen-bond donors (Lipinski definition) is 5. The van der Waals surface area contributed by atoms with Gasteiger partial charge in [0, 0.05) is 39.6 Å². The van der Waals surface area contributed by atoms with Crippen LogP contribution >= 0.6 is 12.4 Å². The van der Waals surface area contributed by atoms with Crippen molar-refractivity contribution in [1.82, 2.24) is 34.6 Å². The molecular formula is C41H52Cl2F2N8O8. The molecule has 2 aliphatic rings. The van der Waals surface area contributed by atoms with E-state index in [0.717, 1.165) is 19.3 Å². The number of rotatable bonds is 8. The first-order chi connectivity index (χ1) is 28.0. The van der Waals surface area contributed by atoms with E-state index in [1.807, 2.05) is 12.4 Å². The molecule has 2 unspecified atom stereocenters. The Balaban J connectivity index is 0.000000323. The highest BCUT2D eigenvalue weighted by molar-refractivity contribution is 5.95. The van der Waals surface area contributed by atoms with Crippen molar-refractivity contribution >= 4 is 30.3 Å². The van der Waals surface area contributed by atoms with E-state index in [0.29, 0.717) is 49.3 Å². The van der Waals surface area contributed by atoms with Crippen molar-refractivity contribution in [1.29, 1.82) is 0 Å². The number of benzene rings is 2. The zero-order valence-electron chi connectivity index (χ0n) is 34.5. The molecule has 0 fully saturated rings. The highest BCUT2D eigenvalue weighted by Gasteiger charge is 2.33. The predicted octanol–water partition coefficient (Wildman–Crippen LogP) is 0.972. The second kappa shape index (κ2) is 21.8. The Morgan fingerprint density at radius 1 is 0.787 bits per heavy atom. The first-order valence-electron chi connectivity index (χ1n) is 19.5. The molecule has 4 aromatic rings. The molecule has 61 heavy (non-hydrogen) atoms. The number of aromatic nitrogens is 4. The van der Waals surface area contributed by atoms with Gasteiger partial charge in [-0.1, -0.05) is 24.3 Å². The van der Waals surface area contributed by atoms with Crippen molar-refractivity contribution in [2.75, 3.05) is 14.1 Å². The molecule has 0 radical (unpaired) electrons. The van der Waals surface area contributed by atoms with Crippen molar-refractivity contribution in [3.8, 4) is 11.5 Å². The fourth-order valence-corrected chi connectivity index (χ4v) is 6.79. The van der Waals surface area contributed by atoms with Crippen LogP contribution < -0.4 is 39.5 Å². The van der Waals surface area contributed by atoms with Gasteiger partial charge < -0.3 is 48.2 Å². The molecule has 2 aromatic heterocycles. The van der Waals surface area contributed by atoms with Gasteiger partial charge >= 0.3 is 6.09 Å². The van der Waals surface area contributed by atoms with Crippen molar-refractivity contribution in [3.63, 3.8) is 0 Å². The maximum atomic E-state index is 13.1. The molecular weight excluding hydrogens is 841 g/mol. The van der Waals surface area contributed by atoms with Gasteiger partial charge in [0.1, 0.15) is 29.1 Å². The summed E-state index contributed by atoms with van der Waals surface area (Å²) < 4.78 is 34.3. The van der Waals surface area contributed by atoms with Gasteiger partial charge in [0.15, 0.2) is 17.2 Å². The fourth-order valence-electron chi connectivity index (χ4n) is 6.79. The lowest BCUT2D eigenvalue weighted by Gasteiger charge is -2.30. The van der Waals surface area contributed by atoms with Crippen LogP contribution in [0, 0.1) is 11.6 Å². The highest BCUT2D eigenvalue weighted by atomic mass is 35.5. The Labute approximate surface area is 363 Å². The number of halogens is 4. The molecule has 2 aromatic carbocycles. The van der Waals surface area contributed by atoms with E-state index in [2.05, 4.69) is 20.6 Å². The molecule has 0 spiro atoms. The average molecular weight is 894 g/mol. The van der Waals surface area contributed by atoms with Crippen LogP contribution in [0.2, 0.25) is 0 Å². The Morgan fingerprint density at radius 3 is 1.66 bits per heavy atom. The number of quaternary nitrogens is 1. The molecule has 16 nitrogen and oxygen atoms in total. The van der Waals surface area contributed by atoms with Crippen LogP contribution in [0.5, 0.6) is 11.5 Å². The van der Waals surface area contributed by atoms with Gasteiger partial charge in [-0.25, -0.2) is 23.5 Å². The summed E-state index contributed by atoms with van der Waals surface area (Å²) in [5, 5.41) is 27.8. The number of nitrogens with zero attached hydrogens (tertiary/aromatic N) is 5. The maximum Gasteiger partial charge on any atom is 0.410 e. The van der Waals surface area contributed by atoms with Crippen LogP contribution in [0.3, 0.4) is 0 Å². The second-order valence-electron chi connectivity index (χ2n) is 15.4. The number of ether oxygens (including phenoxy) is 1. The van der Waals surface area contributed by atoms with Gasteiger partial charge in [-0.2, -0.15) is 0 Å². The summed E-state index contributed by atoms with van der Waals surface area (Å²) in [7, 11) is 3.45. The third-order valence-corrected chi connectivity index (χ3v) is 9.95. The highest BCUT2D eigenvalue weighted by Crippen LogP contribution is 2.30. The maximum absolute atomic E-state index is 13.1. The lowest BCUT2D eigenvalue weighted by atomic mass is 10.1. The summed E-state index contributed by atoms with van der Waals surface area (Å²) >= 11 is 0. The third-order valence-electron chi connectivity index (χ3n) is 9.95. The van der Waals surface area contributed by atoms with Gasteiger partial charge in [-0.15, -0.1) is 12.4 Å². The van der Waals surface area contributed by atoms with Gasteiger partial charge in [0.05, 0.1) is 13.1 Å². The van der Waals surface area contributed by atoms with E-state index in [4.69, 9.17) is 4.74 Å². The lowest BCUT2D eigenvalue weighted by molar-refractivity contribution is -0.672. The largest absolute Gasteiger partial charge is 1.00 e. The standard InChI is InChI=1S/C23H29FN4O5.C18H21FN4O3.2ClH/c1-23(2,3)33-22(32)27(4)16-7-5-6-12-28-19(16)26-17(18(29)21(28)31)20(30)25-13-14-8-10-15(24)11-9-14;1-20-13-4-2-3-9-23-16(13)22-14(15(24)18(23)26)17(25)21-10-11-5-7-12(19)8-6-11;;/h8-11,16,29H,5-7,12-13H2,1-4H3,(H,25,30);5-8,13,20,24H,2-4,9-10H2,1H3,(H,21,25);2*1H. The quantitative estimate of drug-likeness (QED) is 0.169. The number of nitrogens with two attached hydrogens (primary N) is 1. The molecule has 332 valence electrons. The van der Waals surface area contributed by atoms with Crippen molar-refractivity contribution in [2.24, 2.45) is 0 Å². The van der Waals surface area contributed by atoms with Crippen LogP contribution in [0.15, 0.2) is 58.1 Å². The number of hydrogen-bond acceptors (Lipinski definition) is 10. The minimum absolute atomic E-state index is 0. The molecule has 4 heterocycles. The number of fused-ring (bicyclic) bond motifs is 2. The summed E-state index contributed by atoms with van der Waals surface area (Å²) in [6.45, 7) is 6.25. The van der Waals surface area contributed by atoms with E-state index in [1.54, 1.807) is 40.0 Å². The molecule has 0 saturated heterocycles. The van der Waals surface area contributed by atoms with Gasteiger partial charge in [-0.05, 0) is 88.3 Å². The van der Waals surface area contributed by atoms with Crippen molar-refractivity contribution < 1.29 is 55.8 Å². The van der Waals surface area contributed by atoms with Crippen LogP contribution in [0.25, 0.3) is 0 Å². The Kier molecular flexibility index (Phi) is 17.8. The molecule has 0 aliphatic carbocycles. The number of carbonyl (C=O) groups excluding carboxylic acids is 3. The molecule has 0 saturated carbocycles. The summed E-state index contributed by atoms with van der Waals surface area (Å²) in [5.74, 6) is -2.80. The number of amides is 3. The number of carbonyl (C=O) groups is 3. The van der Waals surface area contributed by atoms with Crippen LogP contribution in [-0.2, 0) is 30.9 Å². The lowest BCUT2D eigenvalue weighted by Crippen LogP contribution is -3.00. The minimum atomic E-state index is -0.754. The first kappa shape index (κ1) is 49.8. The Hall–Kier alpha value is -5.59. The Morgan fingerprint density at radius 2 is 1.21 bits per heavy atom. The molecule has 2 atom stereocenters. The summed E-state index contributed by atoms with van der Waals surface area (Å²) in [4.78, 5) is 73.3. The SMILES string of the molecule is CN(C(=O)OC(C)(C)C)C1CCCCn2c1nc(C(=O)NCc1ccc(F)cc1)c(O)c2=O.C[NH2+]C1CCCCn2c1nc(C(=O)NCc1ccc(F)cc1)c(O)c2=O.Cl.[Cl-]. The molecule has 20 heteroatoms. The van der Waals surface area contributed by atoms with E-state index in [-0.39, 0.29) is 61.3 Å². The second-order valence-corrected chi connectivity index (χ2v) is 15.4. The Bertz CT molecular complexity index is 2290. The smallest absolute Gasteiger partial charge is 0.410 e. The van der Waals surface area contributed by atoms with Crippen molar-refractivity contribution in [2.45, 2.75) is 103 Å². The molecule has 6 rings (SSSR count). The fraction of sp³-hybridized carbons (Fsp3) is 0.439. The van der Waals surface area contributed by atoms with Crippen LogP contribution in [0.4, 0.5) is 13.6 Å². The number of aromatic hydroxyl groups is 2. The van der Waals surface area contributed by atoms with Gasteiger partial charge in [0.25, 0.3) is 22.9 Å². The predicted molar refractivity (Wildman–Crippen MR) is 218 cm³/mol. The zero-order chi connectivity index (χ0) is 43.0.